The van der Waals surface area contributed by atoms with E-state index in [0.717, 1.165) is 37.3 Å². The fraction of sp³-hybridized carbons (Fsp3) is 0.368. The summed E-state index contributed by atoms with van der Waals surface area (Å²) in [6.07, 6.45) is -4.71. The number of nitrogens with one attached hydrogen (secondary N) is 1. The van der Waals surface area contributed by atoms with Gasteiger partial charge in [-0.2, -0.15) is 0 Å². The van der Waals surface area contributed by atoms with E-state index < -0.39 is 6.36 Å². The molecule has 1 aliphatic heterocycles. The highest BCUT2D eigenvalue weighted by atomic mass is 35.5. The van der Waals surface area contributed by atoms with Gasteiger partial charge in [-0.3, -0.25) is 4.90 Å². The first-order chi connectivity index (χ1) is 12.9. The molecule has 0 saturated carbocycles. The maximum absolute atomic E-state index is 12.4. The van der Waals surface area contributed by atoms with Crippen LogP contribution in [0.4, 0.5) is 13.2 Å². The largest absolute Gasteiger partial charge is 0.573 e. The van der Waals surface area contributed by atoms with Crippen LogP contribution in [0.15, 0.2) is 42.5 Å². The van der Waals surface area contributed by atoms with E-state index in [1.54, 1.807) is 31.4 Å². The van der Waals surface area contributed by atoms with Gasteiger partial charge in [0.2, 0.25) is 0 Å². The Morgan fingerprint density at radius 2 is 1.74 bits per heavy atom. The van der Waals surface area contributed by atoms with E-state index in [1.807, 2.05) is 6.07 Å². The number of halogens is 4. The van der Waals surface area contributed by atoms with E-state index in [-0.39, 0.29) is 11.8 Å². The third-order valence-electron chi connectivity index (χ3n) is 4.43. The molecule has 2 aromatic rings. The smallest absolute Gasteiger partial charge is 0.496 e. The van der Waals surface area contributed by atoms with Crippen LogP contribution >= 0.6 is 11.6 Å². The Morgan fingerprint density at radius 1 is 1.07 bits per heavy atom. The van der Waals surface area contributed by atoms with E-state index in [1.165, 1.54) is 12.1 Å². The minimum atomic E-state index is -4.71. The number of piperazine rings is 1. The second kappa shape index (κ2) is 8.37. The molecule has 8 heteroatoms. The fourth-order valence-corrected chi connectivity index (χ4v) is 3.48. The van der Waals surface area contributed by atoms with Crippen LogP contribution in [0, 0.1) is 0 Å². The van der Waals surface area contributed by atoms with E-state index in [9.17, 15) is 13.2 Å². The normalized spacial score (nSPS) is 16.8. The summed E-state index contributed by atoms with van der Waals surface area (Å²) in [5, 5.41) is 3.88. The Balaban J connectivity index is 1.99. The molecule has 1 saturated heterocycles. The molecule has 1 N–H and O–H groups in total. The Kier molecular flexibility index (Phi) is 6.14. The number of rotatable bonds is 5. The van der Waals surface area contributed by atoms with E-state index in [2.05, 4.69) is 15.0 Å². The van der Waals surface area contributed by atoms with Gasteiger partial charge >= 0.3 is 6.36 Å². The van der Waals surface area contributed by atoms with E-state index >= 15 is 0 Å². The average Bonchev–Trinajstić information content (AvgIpc) is 2.63. The van der Waals surface area contributed by atoms with Crippen molar-refractivity contribution in [3.05, 3.63) is 58.6 Å². The second-order valence-corrected chi connectivity index (χ2v) is 6.63. The van der Waals surface area contributed by atoms with Crippen LogP contribution in [0.25, 0.3) is 0 Å². The lowest BCUT2D eigenvalue weighted by Gasteiger charge is -2.36. The Labute approximate surface area is 160 Å². The third kappa shape index (κ3) is 5.06. The topological polar surface area (TPSA) is 33.7 Å². The maximum Gasteiger partial charge on any atom is 0.573 e. The van der Waals surface area contributed by atoms with Crippen molar-refractivity contribution in [1.29, 1.82) is 0 Å². The quantitative estimate of drug-likeness (QED) is 0.814. The summed E-state index contributed by atoms with van der Waals surface area (Å²) in [7, 11) is 1.59. The SMILES string of the molecule is COc1ccc(Cl)cc1[C@H](c1ccc(OC(F)(F)F)cc1)N1CCNCC1. The van der Waals surface area contributed by atoms with Gasteiger partial charge in [0.25, 0.3) is 0 Å². The van der Waals surface area contributed by atoms with Crippen LogP contribution in [-0.2, 0) is 0 Å². The molecule has 0 aromatic heterocycles. The molecule has 0 amide bonds. The molecule has 0 unspecified atom stereocenters. The van der Waals surface area contributed by atoms with Crippen molar-refractivity contribution in [2.45, 2.75) is 12.4 Å². The van der Waals surface area contributed by atoms with Gasteiger partial charge < -0.3 is 14.8 Å². The van der Waals surface area contributed by atoms with Gasteiger partial charge in [-0.15, -0.1) is 13.2 Å². The van der Waals surface area contributed by atoms with E-state index in [4.69, 9.17) is 16.3 Å². The summed E-state index contributed by atoms with van der Waals surface area (Å²) in [6.45, 7) is 3.24. The van der Waals surface area contributed by atoms with Gasteiger partial charge in [0.05, 0.1) is 13.2 Å². The first-order valence-electron chi connectivity index (χ1n) is 8.51. The zero-order chi connectivity index (χ0) is 19.4. The minimum absolute atomic E-state index is 0.194. The molecule has 3 rings (SSSR count). The number of nitrogens with zero attached hydrogens (tertiary/aromatic N) is 1. The number of methoxy groups -OCH3 is 1. The summed E-state index contributed by atoms with van der Waals surface area (Å²) in [4.78, 5) is 2.25. The Hall–Kier alpha value is -1.96. The van der Waals surface area contributed by atoms with Gasteiger partial charge in [-0.25, -0.2) is 0 Å². The van der Waals surface area contributed by atoms with Crippen LogP contribution in [0.3, 0.4) is 0 Å². The molecule has 27 heavy (non-hydrogen) atoms. The van der Waals surface area contributed by atoms with Crippen LogP contribution in [0.2, 0.25) is 5.02 Å². The molecule has 1 atom stereocenters. The molecule has 1 heterocycles. The molecular weight excluding hydrogens is 381 g/mol. The maximum atomic E-state index is 12.4. The molecule has 146 valence electrons. The van der Waals surface area contributed by atoms with Crippen LogP contribution in [0.1, 0.15) is 17.2 Å². The summed E-state index contributed by atoms with van der Waals surface area (Å²) in [6, 6.07) is 11.1. The van der Waals surface area contributed by atoms with Gasteiger partial charge in [0.1, 0.15) is 11.5 Å². The zero-order valence-corrected chi connectivity index (χ0v) is 15.5. The van der Waals surface area contributed by atoms with Crippen molar-refractivity contribution in [3.63, 3.8) is 0 Å². The lowest BCUT2D eigenvalue weighted by Crippen LogP contribution is -2.45. The van der Waals surface area contributed by atoms with Crippen LogP contribution in [0.5, 0.6) is 11.5 Å². The predicted octanol–water partition coefficient (Wildman–Crippen LogP) is 4.24. The van der Waals surface area contributed by atoms with Crippen molar-refractivity contribution in [3.8, 4) is 11.5 Å². The number of ether oxygens (including phenoxy) is 2. The Morgan fingerprint density at radius 3 is 2.33 bits per heavy atom. The lowest BCUT2D eigenvalue weighted by atomic mass is 9.95. The summed E-state index contributed by atoms with van der Waals surface area (Å²) in [5.74, 6) is 0.432. The number of alkyl halides is 3. The highest BCUT2D eigenvalue weighted by molar-refractivity contribution is 6.30. The highest BCUT2D eigenvalue weighted by Gasteiger charge is 2.31. The van der Waals surface area contributed by atoms with Crippen molar-refractivity contribution < 1.29 is 22.6 Å². The molecule has 0 aliphatic carbocycles. The molecule has 1 aliphatic rings. The van der Waals surface area contributed by atoms with Gasteiger partial charge in [0.15, 0.2) is 0 Å². The second-order valence-electron chi connectivity index (χ2n) is 6.19. The van der Waals surface area contributed by atoms with Crippen molar-refractivity contribution in [2.75, 3.05) is 33.3 Å². The summed E-state index contributed by atoms with van der Waals surface area (Å²) >= 11 is 6.21. The zero-order valence-electron chi connectivity index (χ0n) is 14.7. The number of hydrogen-bond acceptors (Lipinski definition) is 4. The van der Waals surface area contributed by atoms with Crippen molar-refractivity contribution in [2.24, 2.45) is 0 Å². The number of benzene rings is 2. The van der Waals surface area contributed by atoms with Gasteiger partial charge in [0, 0.05) is 36.8 Å². The first kappa shape index (κ1) is 19.8. The molecule has 4 nitrogen and oxygen atoms in total. The predicted molar refractivity (Wildman–Crippen MR) is 97.4 cm³/mol. The summed E-state index contributed by atoms with van der Waals surface area (Å²) in [5.41, 5.74) is 1.71. The fourth-order valence-electron chi connectivity index (χ4n) is 3.30. The van der Waals surface area contributed by atoms with Crippen molar-refractivity contribution >= 4 is 11.6 Å². The average molecular weight is 401 g/mol. The van der Waals surface area contributed by atoms with Gasteiger partial charge in [-0.05, 0) is 35.9 Å². The monoisotopic (exact) mass is 400 g/mol. The minimum Gasteiger partial charge on any atom is -0.496 e. The molecule has 1 fully saturated rings. The molecule has 2 aromatic carbocycles. The van der Waals surface area contributed by atoms with E-state index in [0.29, 0.717) is 10.8 Å². The third-order valence-corrected chi connectivity index (χ3v) is 4.67. The van der Waals surface area contributed by atoms with Crippen molar-refractivity contribution in [1.82, 2.24) is 10.2 Å². The van der Waals surface area contributed by atoms with Crippen LogP contribution in [-0.4, -0.2) is 44.6 Å². The lowest BCUT2D eigenvalue weighted by molar-refractivity contribution is -0.274. The molecule has 0 radical (unpaired) electrons. The highest BCUT2D eigenvalue weighted by Crippen LogP contribution is 2.37. The first-order valence-corrected chi connectivity index (χ1v) is 8.89. The molecule has 0 spiro atoms. The van der Waals surface area contributed by atoms with Gasteiger partial charge in [-0.1, -0.05) is 23.7 Å². The summed E-state index contributed by atoms with van der Waals surface area (Å²) < 4.78 is 46.8. The molecular formula is C19H20ClF3N2O2. The number of hydrogen-bond donors (Lipinski definition) is 1. The molecule has 0 bridgehead atoms. The Bertz CT molecular complexity index is 763. The standard InChI is InChI=1S/C19H20ClF3N2O2/c1-26-17-7-4-14(20)12-16(17)18(25-10-8-24-9-11-25)13-2-5-15(6-3-13)27-19(21,22)23/h2-7,12,18,24H,8-11H2,1H3/t18-/m0/s1. The van der Waals surface area contributed by atoms with Crippen LogP contribution < -0.4 is 14.8 Å².